The Labute approximate surface area is 73.2 Å². The molecule has 5 N–H and O–H groups in total. The number of hydrogen-bond donors (Lipinski definition) is 4. The number of piperidine rings is 1. The maximum atomic E-state index is 5.74. The predicted molar refractivity (Wildman–Crippen MR) is 48.2 cm³/mol. The van der Waals surface area contributed by atoms with Crippen molar-refractivity contribution in [3.63, 3.8) is 0 Å². The minimum Gasteiger partial charge on any atom is -0.316 e. The molecular formula is C8H18N4. The Morgan fingerprint density at radius 2 is 2.17 bits per heavy atom. The summed E-state index contributed by atoms with van der Waals surface area (Å²) in [7, 11) is 0. The van der Waals surface area contributed by atoms with E-state index in [0.717, 1.165) is 18.9 Å². The lowest BCUT2D eigenvalue weighted by molar-refractivity contribution is 0.297. The molecule has 2 saturated heterocycles. The van der Waals surface area contributed by atoms with Crippen molar-refractivity contribution in [3.05, 3.63) is 0 Å². The van der Waals surface area contributed by atoms with Crippen LogP contribution < -0.4 is 21.9 Å². The summed E-state index contributed by atoms with van der Waals surface area (Å²) in [5, 5.41) is 3.42. The number of rotatable bonds is 1. The highest BCUT2D eigenvalue weighted by atomic mass is 15.4. The molecule has 70 valence electrons. The van der Waals surface area contributed by atoms with Crippen LogP contribution in [0.3, 0.4) is 0 Å². The van der Waals surface area contributed by atoms with Crippen molar-refractivity contribution < 1.29 is 0 Å². The summed E-state index contributed by atoms with van der Waals surface area (Å²) in [6, 6.07) is 0.577. The summed E-state index contributed by atoms with van der Waals surface area (Å²) < 4.78 is 0. The summed E-state index contributed by atoms with van der Waals surface area (Å²) in [5.74, 6) is 0.764. The first kappa shape index (κ1) is 8.44. The van der Waals surface area contributed by atoms with Crippen LogP contribution in [-0.4, -0.2) is 25.3 Å². The molecule has 4 heteroatoms. The number of hydrazine groups is 1. The molecule has 4 nitrogen and oxygen atoms in total. The van der Waals surface area contributed by atoms with Gasteiger partial charge in [-0.2, -0.15) is 0 Å². The summed E-state index contributed by atoms with van der Waals surface area (Å²) >= 11 is 0. The molecule has 3 unspecified atom stereocenters. The minimum atomic E-state index is 0.150. The first-order chi connectivity index (χ1) is 5.86. The molecule has 0 aromatic carbocycles. The monoisotopic (exact) mass is 170 g/mol. The van der Waals surface area contributed by atoms with Crippen LogP contribution in [0.15, 0.2) is 0 Å². The fourth-order valence-corrected chi connectivity index (χ4v) is 2.14. The van der Waals surface area contributed by atoms with Gasteiger partial charge in [0.05, 0.1) is 6.17 Å². The Balaban J connectivity index is 1.83. The lowest BCUT2D eigenvalue weighted by Gasteiger charge is -2.27. The topological polar surface area (TPSA) is 62.1 Å². The second kappa shape index (κ2) is 3.70. The summed E-state index contributed by atoms with van der Waals surface area (Å²) in [6.07, 6.45) is 3.85. The van der Waals surface area contributed by atoms with Crippen molar-refractivity contribution in [2.75, 3.05) is 13.1 Å². The van der Waals surface area contributed by atoms with Crippen LogP contribution in [0.25, 0.3) is 0 Å². The average Bonchev–Trinajstić information content (AvgIpc) is 2.54. The van der Waals surface area contributed by atoms with E-state index in [-0.39, 0.29) is 6.17 Å². The Morgan fingerprint density at radius 1 is 1.25 bits per heavy atom. The molecule has 2 heterocycles. The Hall–Kier alpha value is -0.160. The Morgan fingerprint density at radius 3 is 2.75 bits per heavy atom. The molecule has 2 rings (SSSR count). The third kappa shape index (κ3) is 1.77. The van der Waals surface area contributed by atoms with Gasteiger partial charge in [0, 0.05) is 6.04 Å². The van der Waals surface area contributed by atoms with E-state index in [2.05, 4.69) is 16.2 Å². The quantitative estimate of drug-likeness (QED) is 0.413. The average molecular weight is 170 g/mol. The zero-order chi connectivity index (χ0) is 8.39. The smallest absolute Gasteiger partial charge is 0.0694 e. The molecular weight excluding hydrogens is 152 g/mol. The highest BCUT2D eigenvalue weighted by Crippen LogP contribution is 2.18. The van der Waals surface area contributed by atoms with E-state index in [1.165, 1.54) is 19.4 Å². The summed E-state index contributed by atoms with van der Waals surface area (Å²) in [5.41, 5.74) is 12.1. The second-order valence-corrected chi connectivity index (χ2v) is 3.84. The van der Waals surface area contributed by atoms with Crippen molar-refractivity contribution >= 4 is 0 Å². The molecule has 2 aliphatic heterocycles. The lowest BCUT2D eigenvalue weighted by Crippen LogP contribution is -2.43. The van der Waals surface area contributed by atoms with Crippen molar-refractivity contribution in [2.45, 2.75) is 31.5 Å². The second-order valence-electron chi connectivity index (χ2n) is 3.84. The molecule has 0 bridgehead atoms. The highest BCUT2D eigenvalue weighted by Gasteiger charge is 2.29. The van der Waals surface area contributed by atoms with Crippen molar-refractivity contribution in [2.24, 2.45) is 11.7 Å². The molecule has 0 aromatic heterocycles. The number of hydrogen-bond acceptors (Lipinski definition) is 4. The third-order valence-corrected chi connectivity index (χ3v) is 2.87. The van der Waals surface area contributed by atoms with Gasteiger partial charge in [-0.15, -0.1) is 0 Å². The molecule has 0 spiro atoms. The van der Waals surface area contributed by atoms with Crippen molar-refractivity contribution in [3.8, 4) is 0 Å². The SMILES string of the molecule is NC1CC(C2CCCNC2)NN1. The van der Waals surface area contributed by atoms with Gasteiger partial charge in [-0.05, 0) is 38.3 Å². The zero-order valence-corrected chi connectivity index (χ0v) is 7.34. The highest BCUT2D eigenvalue weighted by molar-refractivity contribution is 4.86. The zero-order valence-electron chi connectivity index (χ0n) is 7.34. The van der Waals surface area contributed by atoms with Crippen LogP contribution in [0, 0.1) is 5.92 Å². The van der Waals surface area contributed by atoms with E-state index in [0.29, 0.717) is 6.04 Å². The number of nitrogens with one attached hydrogen (secondary N) is 3. The van der Waals surface area contributed by atoms with Gasteiger partial charge < -0.3 is 11.1 Å². The Bertz CT molecular complexity index is 141. The van der Waals surface area contributed by atoms with E-state index in [9.17, 15) is 0 Å². The fourth-order valence-electron chi connectivity index (χ4n) is 2.14. The summed E-state index contributed by atoms with van der Waals surface area (Å²) in [4.78, 5) is 0. The van der Waals surface area contributed by atoms with Crippen LogP contribution in [-0.2, 0) is 0 Å². The predicted octanol–water partition coefficient (Wildman–Crippen LogP) is -0.863. The third-order valence-electron chi connectivity index (χ3n) is 2.87. The van der Waals surface area contributed by atoms with E-state index in [4.69, 9.17) is 5.73 Å². The van der Waals surface area contributed by atoms with Gasteiger partial charge in [-0.25, -0.2) is 5.43 Å². The van der Waals surface area contributed by atoms with Gasteiger partial charge in [0.15, 0.2) is 0 Å². The molecule has 0 saturated carbocycles. The molecule has 0 aliphatic carbocycles. The van der Waals surface area contributed by atoms with Crippen LogP contribution in [0.2, 0.25) is 0 Å². The van der Waals surface area contributed by atoms with Crippen LogP contribution in [0.5, 0.6) is 0 Å². The minimum absolute atomic E-state index is 0.150. The normalized spacial score (nSPS) is 43.2. The molecule has 0 aromatic rings. The first-order valence-corrected chi connectivity index (χ1v) is 4.83. The van der Waals surface area contributed by atoms with Gasteiger partial charge >= 0.3 is 0 Å². The van der Waals surface area contributed by atoms with E-state index >= 15 is 0 Å². The maximum Gasteiger partial charge on any atom is 0.0694 e. The molecule has 3 atom stereocenters. The van der Waals surface area contributed by atoms with Crippen molar-refractivity contribution in [1.29, 1.82) is 0 Å². The fraction of sp³-hybridized carbons (Fsp3) is 1.00. The molecule has 0 amide bonds. The standard InChI is InChI=1S/C8H18N4/c9-8-4-7(11-12-8)6-2-1-3-10-5-6/h6-8,10-12H,1-5,9H2. The van der Waals surface area contributed by atoms with Gasteiger partial charge in [-0.3, -0.25) is 5.43 Å². The maximum absolute atomic E-state index is 5.74. The van der Waals surface area contributed by atoms with Crippen LogP contribution in [0.4, 0.5) is 0 Å². The molecule has 2 fully saturated rings. The molecule has 0 radical (unpaired) electrons. The molecule has 12 heavy (non-hydrogen) atoms. The van der Waals surface area contributed by atoms with Crippen LogP contribution in [0.1, 0.15) is 19.3 Å². The largest absolute Gasteiger partial charge is 0.316 e. The van der Waals surface area contributed by atoms with Gasteiger partial charge in [0.2, 0.25) is 0 Å². The van der Waals surface area contributed by atoms with Gasteiger partial charge in [0.1, 0.15) is 0 Å². The molecule has 2 aliphatic rings. The van der Waals surface area contributed by atoms with Crippen LogP contribution >= 0.6 is 0 Å². The summed E-state index contributed by atoms with van der Waals surface area (Å²) in [6.45, 7) is 2.33. The van der Waals surface area contributed by atoms with E-state index in [1.54, 1.807) is 0 Å². The lowest BCUT2D eigenvalue weighted by atomic mass is 9.90. The van der Waals surface area contributed by atoms with Gasteiger partial charge in [0.25, 0.3) is 0 Å². The van der Waals surface area contributed by atoms with Gasteiger partial charge in [-0.1, -0.05) is 0 Å². The Kier molecular flexibility index (Phi) is 2.60. The number of nitrogens with two attached hydrogens (primary N) is 1. The first-order valence-electron chi connectivity index (χ1n) is 4.83. The van der Waals surface area contributed by atoms with E-state index in [1.807, 2.05) is 0 Å². The van der Waals surface area contributed by atoms with Crippen molar-refractivity contribution in [1.82, 2.24) is 16.2 Å². The van der Waals surface area contributed by atoms with E-state index < -0.39 is 0 Å².